The van der Waals surface area contributed by atoms with E-state index in [1.165, 1.54) is 6.33 Å². The van der Waals surface area contributed by atoms with E-state index in [2.05, 4.69) is 20.7 Å². The van der Waals surface area contributed by atoms with Crippen LogP contribution < -0.4 is 10.6 Å². The van der Waals surface area contributed by atoms with Crippen molar-refractivity contribution in [3.63, 3.8) is 0 Å². The lowest BCUT2D eigenvalue weighted by Crippen LogP contribution is -2.43. The summed E-state index contributed by atoms with van der Waals surface area (Å²) in [6.45, 7) is 2.54. The van der Waals surface area contributed by atoms with Gasteiger partial charge in [0.2, 0.25) is 5.91 Å². The molecule has 1 aromatic carbocycles. The first-order valence-electron chi connectivity index (χ1n) is 6.71. The van der Waals surface area contributed by atoms with Gasteiger partial charge in [-0.15, -0.1) is 0 Å². The minimum atomic E-state index is 0.0782. The first-order valence-corrected chi connectivity index (χ1v) is 6.71. The molecule has 1 fully saturated rings. The molecule has 20 heavy (non-hydrogen) atoms. The minimum absolute atomic E-state index is 0.0782. The Kier molecular flexibility index (Phi) is 3.73. The summed E-state index contributed by atoms with van der Waals surface area (Å²) in [5.41, 5.74) is 1.92. The zero-order valence-electron chi connectivity index (χ0n) is 11.1. The quantitative estimate of drug-likeness (QED) is 0.846. The molecule has 0 spiro atoms. The van der Waals surface area contributed by atoms with Gasteiger partial charge in [0, 0.05) is 12.1 Å². The van der Waals surface area contributed by atoms with Crippen molar-refractivity contribution in [2.75, 3.05) is 18.4 Å². The van der Waals surface area contributed by atoms with Crippen LogP contribution in [0.1, 0.15) is 12.0 Å². The number of nitrogens with one attached hydrogen (secondary N) is 2. The molecule has 2 aromatic rings. The number of hydrogen-bond acceptors (Lipinski definition) is 4. The van der Waals surface area contributed by atoms with Crippen LogP contribution in [-0.2, 0) is 11.3 Å². The molecule has 6 heteroatoms. The summed E-state index contributed by atoms with van der Waals surface area (Å²) in [6.07, 6.45) is 3.77. The number of amides is 1. The van der Waals surface area contributed by atoms with E-state index < -0.39 is 0 Å². The third kappa shape index (κ3) is 3.21. The fourth-order valence-electron chi connectivity index (χ4n) is 2.22. The van der Waals surface area contributed by atoms with E-state index in [-0.39, 0.29) is 5.91 Å². The largest absolute Gasteiger partial charge is 0.326 e. The molecule has 2 heterocycles. The van der Waals surface area contributed by atoms with Gasteiger partial charge in [-0.1, -0.05) is 12.1 Å². The number of hydrogen-bond donors (Lipinski definition) is 2. The Labute approximate surface area is 117 Å². The fraction of sp³-hybridized carbons (Fsp3) is 0.357. The molecular weight excluding hydrogens is 254 g/mol. The van der Waals surface area contributed by atoms with E-state index in [0.29, 0.717) is 18.9 Å². The topological polar surface area (TPSA) is 71.8 Å². The van der Waals surface area contributed by atoms with Crippen LogP contribution in [0.15, 0.2) is 36.9 Å². The molecule has 1 aliphatic rings. The highest BCUT2D eigenvalue weighted by atomic mass is 16.1. The van der Waals surface area contributed by atoms with Gasteiger partial charge < -0.3 is 10.6 Å². The van der Waals surface area contributed by atoms with Crippen molar-refractivity contribution in [1.82, 2.24) is 20.1 Å². The Hall–Kier alpha value is -2.21. The highest BCUT2D eigenvalue weighted by Gasteiger charge is 2.19. The molecular formula is C14H17N5O. The smallest absolute Gasteiger partial charge is 0.224 e. The van der Waals surface area contributed by atoms with Crippen LogP contribution in [0.25, 0.3) is 0 Å². The summed E-state index contributed by atoms with van der Waals surface area (Å²) < 4.78 is 1.75. The second-order valence-corrected chi connectivity index (χ2v) is 5.07. The van der Waals surface area contributed by atoms with E-state index in [1.807, 2.05) is 24.3 Å². The van der Waals surface area contributed by atoms with Crippen molar-refractivity contribution >= 4 is 11.6 Å². The normalized spacial score (nSPS) is 14.8. The van der Waals surface area contributed by atoms with Gasteiger partial charge in [-0.05, 0) is 36.7 Å². The zero-order valence-corrected chi connectivity index (χ0v) is 11.1. The van der Waals surface area contributed by atoms with Crippen LogP contribution in [0.4, 0.5) is 5.69 Å². The van der Waals surface area contributed by atoms with Crippen LogP contribution >= 0.6 is 0 Å². The maximum Gasteiger partial charge on any atom is 0.224 e. The summed E-state index contributed by atoms with van der Waals surface area (Å²) in [7, 11) is 0. The van der Waals surface area contributed by atoms with Gasteiger partial charge in [0.05, 0.1) is 6.54 Å². The van der Waals surface area contributed by atoms with Crippen molar-refractivity contribution in [2.24, 2.45) is 5.92 Å². The highest BCUT2D eigenvalue weighted by molar-refractivity contribution is 5.91. The summed E-state index contributed by atoms with van der Waals surface area (Å²) in [6, 6.07) is 7.82. The van der Waals surface area contributed by atoms with E-state index >= 15 is 0 Å². The molecule has 104 valence electrons. The van der Waals surface area contributed by atoms with Crippen LogP contribution in [0.5, 0.6) is 0 Å². The third-order valence-corrected chi connectivity index (χ3v) is 3.36. The molecule has 0 aliphatic carbocycles. The first kappa shape index (κ1) is 12.8. The molecule has 3 rings (SSSR count). The van der Waals surface area contributed by atoms with E-state index in [0.717, 1.165) is 24.3 Å². The zero-order chi connectivity index (χ0) is 13.8. The molecule has 1 saturated heterocycles. The number of carbonyl (C=O) groups is 1. The van der Waals surface area contributed by atoms with Gasteiger partial charge in [-0.25, -0.2) is 9.67 Å². The molecule has 0 atom stereocenters. The van der Waals surface area contributed by atoms with Crippen molar-refractivity contribution in [1.29, 1.82) is 0 Å². The van der Waals surface area contributed by atoms with Crippen LogP contribution in [0.2, 0.25) is 0 Å². The van der Waals surface area contributed by atoms with Crippen molar-refractivity contribution in [3.8, 4) is 0 Å². The molecule has 1 aliphatic heterocycles. The molecule has 0 unspecified atom stereocenters. The number of rotatable bonds is 5. The average molecular weight is 271 g/mol. The second kappa shape index (κ2) is 5.83. The Balaban J connectivity index is 1.60. The number of anilines is 1. The molecule has 1 aromatic heterocycles. The third-order valence-electron chi connectivity index (χ3n) is 3.36. The first-order chi connectivity index (χ1) is 9.79. The Morgan fingerprint density at radius 3 is 3.05 bits per heavy atom. The van der Waals surface area contributed by atoms with Crippen molar-refractivity contribution in [2.45, 2.75) is 13.0 Å². The SMILES string of the molecule is O=C(CC1CNC1)Nc1cccc(Cn2cncn2)c1. The minimum Gasteiger partial charge on any atom is -0.326 e. The lowest BCUT2D eigenvalue weighted by molar-refractivity contribution is -0.117. The maximum absolute atomic E-state index is 11.9. The number of aromatic nitrogens is 3. The lowest BCUT2D eigenvalue weighted by atomic mass is 9.99. The van der Waals surface area contributed by atoms with Crippen LogP contribution in [0, 0.1) is 5.92 Å². The summed E-state index contributed by atoms with van der Waals surface area (Å²) in [5, 5.41) is 10.2. The monoisotopic (exact) mass is 271 g/mol. The van der Waals surface area contributed by atoms with Gasteiger partial charge in [0.25, 0.3) is 0 Å². The van der Waals surface area contributed by atoms with E-state index in [1.54, 1.807) is 11.0 Å². The lowest BCUT2D eigenvalue weighted by Gasteiger charge is -2.26. The summed E-state index contributed by atoms with van der Waals surface area (Å²) >= 11 is 0. The Morgan fingerprint density at radius 1 is 1.45 bits per heavy atom. The van der Waals surface area contributed by atoms with E-state index in [9.17, 15) is 4.79 Å². The molecule has 0 bridgehead atoms. The number of nitrogens with zero attached hydrogens (tertiary/aromatic N) is 3. The molecule has 2 N–H and O–H groups in total. The predicted octanol–water partition coefficient (Wildman–Crippen LogP) is 0.874. The Morgan fingerprint density at radius 2 is 2.35 bits per heavy atom. The van der Waals surface area contributed by atoms with Crippen molar-refractivity contribution < 1.29 is 4.79 Å². The summed E-state index contributed by atoms with van der Waals surface area (Å²) in [5.74, 6) is 0.558. The van der Waals surface area contributed by atoms with Gasteiger partial charge in [-0.3, -0.25) is 4.79 Å². The number of benzene rings is 1. The molecule has 0 saturated carbocycles. The highest BCUT2D eigenvalue weighted by Crippen LogP contribution is 2.14. The molecule has 0 radical (unpaired) electrons. The van der Waals surface area contributed by atoms with Gasteiger partial charge >= 0.3 is 0 Å². The molecule has 6 nitrogen and oxygen atoms in total. The van der Waals surface area contributed by atoms with Crippen LogP contribution in [0.3, 0.4) is 0 Å². The standard InChI is InChI=1S/C14H17N5O/c20-14(5-12-6-15-7-12)18-13-3-1-2-11(4-13)8-19-10-16-9-17-19/h1-4,9-10,12,15H,5-8H2,(H,18,20). The van der Waals surface area contributed by atoms with Gasteiger partial charge in [0.1, 0.15) is 12.7 Å². The van der Waals surface area contributed by atoms with E-state index in [4.69, 9.17) is 0 Å². The molecule has 1 amide bonds. The van der Waals surface area contributed by atoms with Crippen LogP contribution in [-0.4, -0.2) is 33.8 Å². The summed E-state index contributed by atoms with van der Waals surface area (Å²) in [4.78, 5) is 15.8. The maximum atomic E-state index is 11.9. The van der Waals surface area contributed by atoms with Gasteiger partial charge in [-0.2, -0.15) is 5.10 Å². The number of carbonyl (C=O) groups excluding carboxylic acids is 1. The fourth-order valence-corrected chi connectivity index (χ4v) is 2.22. The second-order valence-electron chi connectivity index (χ2n) is 5.07. The average Bonchev–Trinajstić information content (AvgIpc) is 2.87. The van der Waals surface area contributed by atoms with Gasteiger partial charge in [0.15, 0.2) is 0 Å². The Bertz CT molecular complexity index is 577. The predicted molar refractivity (Wildman–Crippen MR) is 75.2 cm³/mol. The van der Waals surface area contributed by atoms with Crippen molar-refractivity contribution in [3.05, 3.63) is 42.5 Å².